The van der Waals surface area contributed by atoms with E-state index in [1.165, 1.54) is 0 Å². The van der Waals surface area contributed by atoms with Crippen LogP contribution in [0.5, 0.6) is 0 Å². The molecule has 116 valence electrons. The molecule has 1 aromatic carbocycles. The van der Waals surface area contributed by atoms with E-state index in [0.717, 1.165) is 0 Å². The molecular weight excluding hydrogens is 376 g/mol. The van der Waals surface area contributed by atoms with Crippen molar-refractivity contribution in [3.63, 3.8) is 0 Å². The van der Waals surface area contributed by atoms with Gasteiger partial charge in [-0.1, -0.05) is 0 Å². The fraction of sp³-hybridized carbons (Fsp3) is 0. The van der Waals surface area contributed by atoms with Gasteiger partial charge in [0.1, 0.15) is 9.79 Å². The van der Waals surface area contributed by atoms with Gasteiger partial charge in [0.25, 0.3) is 20.2 Å². The number of carbonyl (C=O) groups excluding carboxylic acids is 2. The van der Waals surface area contributed by atoms with Gasteiger partial charge >= 0.3 is 17.1 Å². The van der Waals surface area contributed by atoms with Crippen molar-refractivity contribution in [2.24, 2.45) is 0 Å². The fourth-order valence-corrected chi connectivity index (χ4v) is 2.76. The Labute approximate surface area is 128 Å². The smallest absolute Gasteiger partial charge is 0.545 e. The van der Waals surface area contributed by atoms with Crippen molar-refractivity contribution in [3.05, 3.63) is 23.3 Å². The van der Waals surface area contributed by atoms with Gasteiger partial charge in [-0.25, -0.2) is 0 Å². The Kier molecular flexibility index (Phi) is 5.65. The summed E-state index contributed by atoms with van der Waals surface area (Å²) in [5, 5.41) is 21.4. The largest absolute Gasteiger partial charge is 2.00 e. The van der Waals surface area contributed by atoms with Gasteiger partial charge in [-0.15, -0.1) is 0 Å². The van der Waals surface area contributed by atoms with Crippen LogP contribution in [0.25, 0.3) is 0 Å². The average Bonchev–Trinajstić information content (AvgIpc) is 2.24. The molecule has 21 heavy (non-hydrogen) atoms. The molecule has 0 amide bonds. The van der Waals surface area contributed by atoms with E-state index in [4.69, 9.17) is 9.11 Å². The van der Waals surface area contributed by atoms with Crippen LogP contribution in [0.15, 0.2) is 21.9 Å². The molecular formula is C8H4FeO10S2. The molecule has 0 aliphatic heterocycles. The van der Waals surface area contributed by atoms with Crippen LogP contribution in [-0.2, 0) is 37.3 Å². The Hall–Kier alpha value is -1.50. The van der Waals surface area contributed by atoms with Crippen LogP contribution >= 0.6 is 0 Å². The average molecular weight is 380 g/mol. The van der Waals surface area contributed by atoms with Crippen molar-refractivity contribution in [1.29, 1.82) is 0 Å². The number of benzene rings is 1. The van der Waals surface area contributed by atoms with E-state index in [9.17, 15) is 36.6 Å². The zero-order valence-electron chi connectivity index (χ0n) is 9.49. The molecule has 0 saturated carbocycles. The molecule has 0 saturated heterocycles. The molecule has 0 unspecified atom stereocenters. The Balaban J connectivity index is 0.00000400. The first-order valence-corrected chi connectivity index (χ1v) is 7.29. The minimum Gasteiger partial charge on any atom is -0.545 e. The van der Waals surface area contributed by atoms with E-state index in [2.05, 4.69) is 0 Å². The number of carboxylic acid groups (broad SMARTS) is 2. The maximum atomic E-state index is 10.9. The van der Waals surface area contributed by atoms with Crippen LogP contribution in [0.1, 0.15) is 20.7 Å². The topological polar surface area (TPSA) is 189 Å². The first-order valence-electron chi connectivity index (χ1n) is 4.41. The van der Waals surface area contributed by atoms with E-state index in [1.54, 1.807) is 0 Å². The summed E-state index contributed by atoms with van der Waals surface area (Å²) in [6.45, 7) is 0. The van der Waals surface area contributed by atoms with E-state index >= 15 is 0 Å². The molecule has 2 N–H and O–H groups in total. The second-order valence-corrected chi connectivity index (χ2v) is 6.15. The van der Waals surface area contributed by atoms with Crippen LogP contribution in [-0.4, -0.2) is 37.9 Å². The van der Waals surface area contributed by atoms with Crippen molar-refractivity contribution < 1.29 is 62.8 Å². The van der Waals surface area contributed by atoms with Crippen LogP contribution in [0.4, 0.5) is 0 Å². The molecule has 0 heterocycles. The fourth-order valence-electron chi connectivity index (χ4n) is 1.31. The van der Waals surface area contributed by atoms with Crippen molar-refractivity contribution in [2.45, 2.75) is 9.79 Å². The summed E-state index contributed by atoms with van der Waals surface area (Å²) in [6, 6.07) is 0.0534. The molecule has 0 spiro atoms. The standard InChI is InChI=1S/C8H6O10S2.Fe/c9-7(10)3-1-4(8(11)12)6(20(16,17)18)2-5(3)19(13,14)15;/h1-2H,(H,9,10)(H,11,12)(H,13,14,15)(H,16,17,18);/q;+2/p-2. The molecule has 1 aromatic rings. The molecule has 0 aromatic heterocycles. The van der Waals surface area contributed by atoms with Crippen molar-refractivity contribution in [3.8, 4) is 0 Å². The summed E-state index contributed by atoms with van der Waals surface area (Å²) >= 11 is 0. The number of hydrogen-bond donors (Lipinski definition) is 2. The second kappa shape index (κ2) is 6.09. The molecule has 0 bridgehead atoms. The van der Waals surface area contributed by atoms with Crippen LogP contribution in [0.3, 0.4) is 0 Å². The quantitative estimate of drug-likeness (QED) is 0.400. The first kappa shape index (κ1) is 19.5. The van der Waals surface area contributed by atoms with E-state index in [0.29, 0.717) is 0 Å². The molecule has 0 aliphatic carbocycles. The SMILES string of the molecule is O=C([O-])c1cc(C(=O)[O-])c(S(=O)(=O)O)cc1S(=O)(=O)O.[Fe+2]. The van der Waals surface area contributed by atoms with Crippen molar-refractivity contribution >= 4 is 32.2 Å². The molecule has 0 radical (unpaired) electrons. The number of rotatable bonds is 4. The third kappa shape index (κ3) is 4.23. The molecule has 1 rings (SSSR count). The maximum absolute atomic E-state index is 10.9. The molecule has 0 fully saturated rings. The van der Waals surface area contributed by atoms with Crippen molar-refractivity contribution in [1.82, 2.24) is 0 Å². The Morgan fingerprint density at radius 1 is 0.810 bits per heavy atom. The van der Waals surface area contributed by atoms with Gasteiger partial charge in [-0.3, -0.25) is 9.11 Å². The predicted octanol–water partition coefficient (Wildman–Crippen LogP) is -3.10. The van der Waals surface area contributed by atoms with Crippen molar-refractivity contribution in [2.75, 3.05) is 0 Å². The van der Waals surface area contributed by atoms with Crippen LogP contribution in [0, 0.1) is 0 Å². The molecule has 10 nitrogen and oxygen atoms in total. The van der Waals surface area contributed by atoms with Gasteiger partial charge < -0.3 is 19.8 Å². The molecule has 0 atom stereocenters. The summed E-state index contributed by atoms with van der Waals surface area (Å²) < 4.78 is 61.3. The van der Waals surface area contributed by atoms with E-state index in [1.807, 2.05) is 0 Å². The monoisotopic (exact) mass is 380 g/mol. The molecule has 13 heteroatoms. The number of hydrogen-bond acceptors (Lipinski definition) is 8. The van der Waals surface area contributed by atoms with Gasteiger partial charge in [0.05, 0.1) is 11.9 Å². The maximum Gasteiger partial charge on any atom is 2.00 e. The van der Waals surface area contributed by atoms with E-state index < -0.39 is 53.1 Å². The van der Waals surface area contributed by atoms with Gasteiger partial charge in [0.2, 0.25) is 0 Å². The third-order valence-electron chi connectivity index (χ3n) is 2.08. The minimum absolute atomic E-state index is 0. The predicted molar refractivity (Wildman–Crippen MR) is 54.7 cm³/mol. The van der Waals surface area contributed by atoms with Crippen LogP contribution in [0.2, 0.25) is 0 Å². The molecule has 0 aliphatic rings. The van der Waals surface area contributed by atoms with Crippen LogP contribution < -0.4 is 10.2 Å². The summed E-state index contributed by atoms with van der Waals surface area (Å²) in [6.07, 6.45) is 0. The van der Waals surface area contributed by atoms with E-state index in [-0.39, 0.29) is 29.2 Å². The van der Waals surface area contributed by atoms with Gasteiger partial charge in [-0.2, -0.15) is 16.8 Å². The second-order valence-electron chi connectivity index (χ2n) is 3.37. The summed E-state index contributed by atoms with van der Waals surface area (Å²) in [5.41, 5.74) is -2.61. The van der Waals surface area contributed by atoms with Gasteiger partial charge in [0.15, 0.2) is 0 Å². The normalized spacial score (nSPS) is 11.5. The number of aromatic carboxylic acids is 2. The zero-order valence-corrected chi connectivity index (χ0v) is 12.2. The number of carbonyl (C=O) groups is 2. The van der Waals surface area contributed by atoms with Gasteiger partial charge in [-0.05, 0) is 12.1 Å². The summed E-state index contributed by atoms with van der Waals surface area (Å²) in [5.74, 6) is -4.39. The zero-order chi connectivity index (χ0) is 15.9. The summed E-state index contributed by atoms with van der Waals surface area (Å²) in [4.78, 5) is 18.5. The first-order chi connectivity index (χ1) is 8.85. The Morgan fingerprint density at radius 3 is 1.29 bits per heavy atom. The third-order valence-corrected chi connectivity index (χ3v) is 3.86. The summed E-state index contributed by atoms with van der Waals surface area (Å²) in [7, 11) is -10.4. The van der Waals surface area contributed by atoms with Gasteiger partial charge in [0, 0.05) is 11.1 Å². The Morgan fingerprint density at radius 2 is 1.10 bits per heavy atom. The minimum atomic E-state index is -5.21. The number of carboxylic acids is 2. The Bertz CT molecular complexity index is 742.